The van der Waals surface area contributed by atoms with Crippen molar-refractivity contribution >= 4 is 35.1 Å². The van der Waals surface area contributed by atoms with Crippen LogP contribution in [0.1, 0.15) is 17.6 Å². The Kier molecular flexibility index (Phi) is 5.39. The second-order valence-corrected chi connectivity index (χ2v) is 9.51. The Balaban J connectivity index is 1.71. The van der Waals surface area contributed by atoms with Gasteiger partial charge < -0.3 is 10.7 Å². The summed E-state index contributed by atoms with van der Waals surface area (Å²) in [5, 5.41) is 1.08. The lowest BCUT2D eigenvalue weighted by Gasteiger charge is -2.20. The van der Waals surface area contributed by atoms with Crippen molar-refractivity contribution < 1.29 is 0 Å². The quantitative estimate of drug-likeness (QED) is 0.335. The van der Waals surface area contributed by atoms with E-state index in [-0.39, 0.29) is 5.66 Å². The average molecular weight is 394 g/mol. The van der Waals surface area contributed by atoms with Crippen LogP contribution in [0, 0.1) is 4.91 Å². The number of hydrogen-bond acceptors (Lipinski definition) is 5. The molecule has 27 heavy (non-hydrogen) atoms. The number of nitrogens with zero attached hydrogens (tertiary/aromatic N) is 2. The number of hydrogen-bond donors (Lipinski definition) is 2. The molecular formula is C20H19N4OPS. The molecule has 4 aromatic rings. The maximum atomic E-state index is 11.8. The van der Waals surface area contributed by atoms with Crippen LogP contribution in [0.4, 0.5) is 0 Å². The van der Waals surface area contributed by atoms with Crippen molar-refractivity contribution in [3.05, 3.63) is 77.5 Å². The minimum atomic E-state index is -1.22. The number of thiophene rings is 1. The fourth-order valence-corrected chi connectivity index (χ4v) is 6.80. The second-order valence-electron chi connectivity index (χ2n) is 6.17. The number of H-pyrrole nitrogens is 1. The molecule has 0 amide bonds. The Morgan fingerprint density at radius 2 is 2.00 bits per heavy atom. The average Bonchev–Trinajstić information content (AvgIpc) is 3.38. The monoisotopic (exact) mass is 394 g/mol. The summed E-state index contributed by atoms with van der Waals surface area (Å²) in [4.78, 5) is 24.0. The van der Waals surface area contributed by atoms with Gasteiger partial charge in [0.15, 0.2) is 0 Å². The number of nitroso groups, excluding NO2 is 1. The van der Waals surface area contributed by atoms with Gasteiger partial charge in [-0.15, -0.1) is 16.2 Å². The lowest BCUT2D eigenvalue weighted by atomic mass is 10.1. The summed E-state index contributed by atoms with van der Waals surface area (Å²) in [6.45, 7) is 0.528. The van der Waals surface area contributed by atoms with E-state index in [1.165, 1.54) is 0 Å². The van der Waals surface area contributed by atoms with Crippen molar-refractivity contribution in [2.24, 2.45) is 10.7 Å². The molecule has 0 saturated heterocycles. The highest BCUT2D eigenvalue weighted by atomic mass is 32.1. The third-order valence-corrected chi connectivity index (χ3v) is 8.23. The molecule has 3 aromatic heterocycles. The molecule has 0 fully saturated rings. The van der Waals surface area contributed by atoms with Gasteiger partial charge in [-0.3, -0.25) is 0 Å². The van der Waals surface area contributed by atoms with E-state index in [1.807, 2.05) is 42.6 Å². The number of rotatable bonds is 7. The van der Waals surface area contributed by atoms with Gasteiger partial charge in [0.25, 0.3) is 0 Å². The molecule has 0 radical (unpaired) electrons. The predicted octanol–water partition coefficient (Wildman–Crippen LogP) is 5.17. The van der Waals surface area contributed by atoms with Crippen LogP contribution in [-0.2, 0) is 0 Å². The summed E-state index contributed by atoms with van der Waals surface area (Å²) in [6.07, 6.45) is 4.43. The van der Waals surface area contributed by atoms with Crippen LogP contribution in [0.15, 0.2) is 71.9 Å². The third kappa shape index (κ3) is 3.56. The Bertz CT molecular complexity index is 1050. The van der Waals surface area contributed by atoms with Gasteiger partial charge in [0, 0.05) is 33.9 Å². The summed E-state index contributed by atoms with van der Waals surface area (Å²) < 4.78 is 1.03. The molecular weight excluding hydrogens is 375 g/mol. The van der Waals surface area contributed by atoms with Crippen LogP contribution in [0.3, 0.4) is 0 Å². The van der Waals surface area contributed by atoms with E-state index in [0.29, 0.717) is 6.54 Å². The standard InChI is InChI=1S/C20H19N4OPS/c21-11-8-17(14-4-2-1-3-5-14)26(24-25)19-7-6-18(27-19)15-9-12-22-20-16(15)10-13-23-20/h1-7,9-10,12-13,17H,8,11,21H2,(H,22,23). The van der Waals surface area contributed by atoms with E-state index in [4.69, 9.17) is 5.73 Å². The van der Waals surface area contributed by atoms with Crippen LogP contribution in [0.2, 0.25) is 0 Å². The Hall–Kier alpha value is -2.40. The molecule has 0 bridgehead atoms. The molecule has 2 unspecified atom stereocenters. The number of aromatic nitrogens is 2. The second kappa shape index (κ2) is 8.09. The topological polar surface area (TPSA) is 84.1 Å². The molecule has 3 N–H and O–H groups in total. The summed E-state index contributed by atoms with van der Waals surface area (Å²) in [6, 6.07) is 18.2. The van der Waals surface area contributed by atoms with Crippen LogP contribution in [0.25, 0.3) is 21.5 Å². The lowest BCUT2D eigenvalue weighted by molar-refractivity contribution is 0.806. The number of fused-ring (bicyclic) bond motifs is 1. The van der Waals surface area contributed by atoms with Crippen LogP contribution >= 0.6 is 19.4 Å². The first-order valence-electron chi connectivity index (χ1n) is 8.71. The van der Waals surface area contributed by atoms with Gasteiger partial charge in [-0.2, -0.15) is 0 Å². The molecule has 0 saturated carbocycles. The lowest BCUT2D eigenvalue weighted by Crippen LogP contribution is -2.09. The highest BCUT2D eigenvalue weighted by Crippen LogP contribution is 2.54. The molecule has 0 aliphatic carbocycles. The normalized spacial score (nSPS) is 13.5. The van der Waals surface area contributed by atoms with Crippen molar-refractivity contribution in [1.82, 2.24) is 9.97 Å². The summed E-state index contributed by atoms with van der Waals surface area (Å²) in [7, 11) is -1.22. The Morgan fingerprint density at radius 1 is 1.15 bits per heavy atom. The van der Waals surface area contributed by atoms with Crippen LogP contribution in [0.5, 0.6) is 0 Å². The first-order chi connectivity index (χ1) is 13.3. The van der Waals surface area contributed by atoms with Gasteiger partial charge in [0.05, 0.1) is 4.62 Å². The molecule has 0 aliphatic rings. The molecule has 5 nitrogen and oxygen atoms in total. The zero-order valence-electron chi connectivity index (χ0n) is 14.6. The largest absolute Gasteiger partial charge is 0.346 e. The first-order valence-corrected chi connectivity index (χ1v) is 10.9. The van der Waals surface area contributed by atoms with Crippen LogP contribution in [-0.4, -0.2) is 16.5 Å². The van der Waals surface area contributed by atoms with Crippen molar-refractivity contribution in [2.75, 3.05) is 6.54 Å². The maximum Gasteiger partial charge on any atom is 0.137 e. The van der Waals surface area contributed by atoms with E-state index in [0.717, 1.165) is 38.1 Å². The minimum Gasteiger partial charge on any atom is -0.346 e. The van der Waals surface area contributed by atoms with Gasteiger partial charge in [0.2, 0.25) is 0 Å². The fraction of sp³-hybridized carbons (Fsp3) is 0.150. The summed E-state index contributed by atoms with van der Waals surface area (Å²) in [5.41, 5.74) is 8.99. The summed E-state index contributed by atoms with van der Waals surface area (Å²) in [5.74, 6) is 0. The van der Waals surface area contributed by atoms with E-state index >= 15 is 0 Å². The number of benzene rings is 1. The van der Waals surface area contributed by atoms with Crippen molar-refractivity contribution in [1.29, 1.82) is 0 Å². The van der Waals surface area contributed by atoms with E-state index in [1.54, 1.807) is 17.5 Å². The molecule has 0 spiro atoms. The van der Waals surface area contributed by atoms with Gasteiger partial charge >= 0.3 is 0 Å². The zero-order chi connectivity index (χ0) is 18.6. The highest BCUT2D eigenvalue weighted by molar-refractivity contribution is 7.71. The van der Waals surface area contributed by atoms with Crippen molar-refractivity contribution in [2.45, 2.75) is 12.1 Å². The smallest absolute Gasteiger partial charge is 0.137 e. The van der Waals surface area contributed by atoms with Gasteiger partial charge in [-0.1, -0.05) is 30.3 Å². The maximum absolute atomic E-state index is 11.8. The minimum absolute atomic E-state index is 0.0416. The number of nitrogens with two attached hydrogens (primary N) is 1. The zero-order valence-corrected chi connectivity index (χ0v) is 16.3. The van der Waals surface area contributed by atoms with Gasteiger partial charge in [-0.05, 0) is 47.7 Å². The van der Waals surface area contributed by atoms with E-state index < -0.39 is 8.07 Å². The molecule has 7 heteroatoms. The first kappa shape index (κ1) is 18.0. The molecule has 1 aromatic carbocycles. The van der Waals surface area contributed by atoms with E-state index in [9.17, 15) is 4.91 Å². The van der Waals surface area contributed by atoms with Crippen molar-refractivity contribution in [3.63, 3.8) is 0 Å². The highest BCUT2D eigenvalue weighted by Gasteiger charge is 2.27. The molecule has 2 atom stereocenters. The van der Waals surface area contributed by atoms with Gasteiger partial charge in [-0.25, -0.2) is 4.98 Å². The fourth-order valence-electron chi connectivity index (χ4n) is 3.29. The SMILES string of the molecule is NCCC(c1ccccc1)P(N=O)c1ccc(-c2ccnc3[nH]ccc23)s1. The Morgan fingerprint density at radius 3 is 2.78 bits per heavy atom. The molecule has 0 aliphatic heterocycles. The Labute approximate surface area is 162 Å². The third-order valence-electron chi connectivity index (χ3n) is 4.55. The number of aromatic amines is 1. The number of nitrogens with one attached hydrogen (secondary N) is 1. The summed E-state index contributed by atoms with van der Waals surface area (Å²) >= 11 is 1.64. The van der Waals surface area contributed by atoms with Gasteiger partial charge in [0.1, 0.15) is 13.7 Å². The molecule has 136 valence electrons. The van der Waals surface area contributed by atoms with E-state index in [2.05, 4.69) is 33.1 Å². The molecule has 3 heterocycles. The molecule has 4 rings (SSSR count). The number of pyridine rings is 1. The van der Waals surface area contributed by atoms with Crippen LogP contribution < -0.4 is 10.4 Å². The predicted molar refractivity (Wildman–Crippen MR) is 115 cm³/mol. The van der Waals surface area contributed by atoms with Crippen molar-refractivity contribution in [3.8, 4) is 10.4 Å².